The lowest BCUT2D eigenvalue weighted by molar-refractivity contribution is -0.140. The minimum Gasteiger partial charge on any atom is -0.481 e. The molecule has 1 saturated carbocycles. The lowest BCUT2D eigenvalue weighted by atomic mass is 9.79. The summed E-state index contributed by atoms with van der Waals surface area (Å²) < 4.78 is 14.0. The average molecular weight is 425 g/mol. The molecule has 0 aromatic heterocycles. The van der Waals surface area contributed by atoms with Crippen LogP contribution in [-0.4, -0.2) is 46.9 Å². The Kier molecular flexibility index (Phi) is 5.60. The van der Waals surface area contributed by atoms with E-state index in [4.69, 9.17) is 0 Å². The molecular weight excluding hydrogens is 395 g/mol. The maximum atomic E-state index is 14.0. The van der Waals surface area contributed by atoms with E-state index in [1.54, 1.807) is 13.0 Å². The maximum absolute atomic E-state index is 14.0. The number of carboxylic acids is 1. The monoisotopic (exact) mass is 424 g/mol. The number of hydrogen-bond donors (Lipinski definition) is 1. The van der Waals surface area contributed by atoms with E-state index in [0.717, 1.165) is 42.6 Å². The van der Waals surface area contributed by atoms with E-state index in [-0.39, 0.29) is 17.3 Å². The Bertz CT molecular complexity index is 980. The number of likely N-dealkylation sites (tertiary alicyclic amines) is 1. The number of amides is 1. The van der Waals surface area contributed by atoms with Crippen molar-refractivity contribution < 1.29 is 19.1 Å². The molecule has 1 N–H and O–H groups in total. The summed E-state index contributed by atoms with van der Waals surface area (Å²) in [7, 11) is 1.86. The SMILES string of the molecule is CC(=O)N(C)C1(c2ccccc2)CCN(Cc2cc(F)ccc2C2(C(=O)O)CC2)CC1. The van der Waals surface area contributed by atoms with Crippen LogP contribution in [0.4, 0.5) is 4.39 Å². The van der Waals surface area contributed by atoms with Gasteiger partial charge in [0, 0.05) is 33.6 Å². The Balaban J connectivity index is 1.56. The molecule has 0 spiro atoms. The molecule has 2 aromatic carbocycles. The van der Waals surface area contributed by atoms with Gasteiger partial charge < -0.3 is 10.0 Å². The molecule has 2 aromatic rings. The third kappa shape index (κ3) is 3.85. The zero-order valence-corrected chi connectivity index (χ0v) is 18.1. The average Bonchev–Trinajstić information content (AvgIpc) is 3.57. The molecule has 0 radical (unpaired) electrons. The summed E-state index contributed by atoms with van der Waals surface area (Å²) in [6.45, 7) is 3.58. The zero-order valence-electron chi connectivity index (χ0n) is 18.1. The Morgan fingerprint density at radius 1 is 1.06 bits per heavy atom. The third-order valence-corrected chi connectivity index (χ3v) is 7.24. The van der Waals surface area contributed by atoms with Crippen LogP contribution >= 0.6 is 0 Å². The summed E-state index contributed by atoms with van der Waals surface area (Å²) in [5.74, 6) is -1.14. The van der Waals surface area contributed by atoms with Crippen LogP contribution in [0.5, 0.6) is 0 Å². The van der Waals surface area contributed by atoms with Gasteiger partial charge in [0.1, 0.15) is 5.82 Å². The fourth-order valence-electron chi connectivity index (χ4n) is 5.07. The van der Waals surface area contributed by atoms with Crippen LogP contribution in [0, 0.1) is 5.82 Å². The molecule has 1 aliphatic carbocycles. The van der Waals surface area contributed by atoms with E-state index in [0.29, 0.717) is 19.4 Å². The Hall–Kier alpha value is -2.73. The van der Waals surface area contributed by atoms with Crippen molar-refractivity contribution in [2.45, 2.75) is 50.1 Å². The smallest absolute Gasteiger partial charge is 0.314 e. The second kappa shape index (κ2) is 8.08. The fourth-order valence-corrected chi connectivity index (χ4v) is 5.07. The zero-order chi connectivity index (χ0) is 22.2. The van der Waals surface area contributed by atoms with Gasteiger partial charge in [-0.15, -0.1) is 0 Å². The van der Waals surface area contributed by atoms with Crippen LogP contribution in [0.25, 0.3) is 0 Å². The highest BCUT2D eigenvalue weighted by atomic mass is 19.1. The molecule has 164 valence electrons. The summed E-state index contributed by atoms with van der Waals surface area (Å²) in [5.41, 5.74) is 1.39. The second-order valence-electron chi connectivity index (χ2n) is 8.94. The number of carbonyl (C=O) groups excluding carboxylic acids is 1. The van der Waals surface area contributed by atoms with Crippen molar-refractivity contribution in [1.82, 2.24) is 9.80 Å². The van der Waals surface area contributed by atoms with E-state index in [1.807, 2.05) is 30.1 Å². The molecule has 0 atom stereocenters. The second-order valence-corrected chi connectivity index (χ2v) is 8.94. The van der Waals surface area contributed by atoms with Crippen LogP contribution in [-0.2, 0) is 27.1 Å². The molecule has 5 nitrogen and oxygen atoms in total. The van der Waals surface area contributed by atoms with Gasteiger partial charge in [-0.3, -0.25) is 14.5 Å². The maximum Gasteiger partial charge on any atom is 0.314 e. The summed E-state index contributed by atoms with van der Waals surface area (Å²) in [6.07, 6.45) is 2.73. The number of benzene rings is 2. The summed E-state index contributed by atoms with van der Waals surface area (Å²) >= 11 is 0. The van der Waals surface area contributed by atoms with Crippen molar-refractivity contribution in [3.8, 4) is 0 Å². The molecule has 1 saturated heterocycles. The number of aliphatic carboxylic acids is 1. The molecule has 6 heteroatoms. The molecule has 1 aliphatic heterocycles. The van der Waals surface area contributed by atoms with Crippen molar-refractivity contribution in [3.05, 3.63) is 71.0 Å². The standard InChI is InChI=1S/C25H29FN2O3/c1-18(29)27(2)25(20-6-4-3-5-7-20)12-14-28(15-13-25)17-19-16-21(26)8-9-22(19)24(10-11-24)23(30)31/h3-9,16H,10-15,17H2,1-2H3,(H,30,31). The number of hydrogen-bond acceptors (Lipinski definition) is 3. The largest absolute Gasteiger partial charge is 0.481 e. The third-order valence-electron chi connectivity index (χ3n) is 7.24. The minimum atomic E-state index is -0.860. The van der Waals surface area contributed by atoms with Crippen LogP contribution in [0.15, 0.2) is 48.5 Å². The molecule has 31 heavy (non-hydrogen) atoms. The van der Waals surface area contributed by atoms with E-state index in [2.05, 4.69) is 17.0 Å². The van der Waals surface area contributed by atoms with E-state index in [1.165, 1.54) is 12.1 Å². The van der Waals surface area contributed by atoms with Gasteiger partial charge in [-0.05, 0) is 54.5 Å². The minimum absolute atomic E-state index is 0.0295. The predicted octanol–water partition coefficient (Wildman–Crippen LogP) is 3.91. The van der Waals surface area contributed by atoms with Gasteiger partial charge in [-0.1, -0.05) is 36.4 Å². The first-order valence-electron chi connectivity index (χ1n) is 10.8. The highest BCUT2D eigenvalue weighted by molar-refractivity contribution is 5.85. The van der Waals surface area contributed by atoms with Crippen molar-refractivity contribution in [1.29, 1.82) is 0 Å². The Morgan fingerprint density at radius 3 is 2.26 bits per heavy atom. The Labute approximate surface area is 182 Å². The van der Waals surface area contributed by atoms with Crippen molar-refractivity contribution in [2.75, 3.05) is 20.1 Å². The number of nitrogens with zero attached hydrogens (tertiary/aromatic N) is 2. The predicted molar refractivity (Wildman–Crippen MR) is 116 cm³/mol. The fraction of sp³-hybridized carbons (Fsp3) is 0.440. The quantitative estimate of drug-likeness (QED) is 0.764. The molecular formula is C25H29FN2O3. The number of rotatable bonds is 6. The van der Waals surface area contributed by atoms with Crippen LogP contribution in [0.1, 0.15) is 49.3 Å². The topological polar surface area (TPSA) is 60.9 Å². The lowest BCUT2D eigenvalue weighted by Crippen LogP contribution is -2.53. The van der Waals surface area contributed by atoms with Gasteiger partial charge in [0.15, 0.2) is 0 Å². The number of halogens is 1. The first-order chi connectivity index (χ1) is 14.8. The van der Waals surface area contributed by atoms with Crippen molar-refractivity contribution >= 4 is 11.9 Å². The first-order valence-corrected chi connectivity index (χ1v) is 10.8. The molecule has 1 amide bonds. The van der Waals surface area contributed by atoms with Gasteiger partial charge in [-0.25, -0.2) is 4.39 Å². The molecule has 1 heterocycles. The Morgan fingerprint density at radius 2 is 1.71 bits per heavy atom. The molecule has 2 fully saturated rings. The summed E-state index contributed by atoms with van der Waals surface area (Å²) in [4.78, 5) is 28.2. The van der Waals surface area contributed by atoms with Crippen molar-refractivity contribution in [2.24, 2.45) is 0 Å². The highest BCUT2D eigenvalue weighted by Crippen LogP contribution is 2.50. The van der Waals surface area contributed by atoms with Crippen LogP contribution in [0.2, 0.25) is 0 Å². The molecule has 0 bridgehead atoms. The highest BCUT2D eigenvalue weighted by Gasteiger charge is 2.53. The number of carboxylic acid groups (broad SMARTS) is 1. The molecule has 0 unspecified atom stereocenters. The summed E-state index contributed by atoms with van der Waals surface area (Å²) in [6, 6.07) is 14.6. The van der Waals surface area contributed by atoms with Gasteiger partial charge in [0.2, 0.25) is 5.91 Å². The van der Waals surface area contributed by atoms with Crippen molar-refractivity contribution in [3.63, 3.8) is 0 Å². The van der Waals surface area contributed by atoms with Gasteiger partial charge in [0.05, 0.1) is 11.0 Å². The van der Waals surface area contributed by atoms with E-state index < -0.39 is 11.4 Å². The van der Waals surface area contributed by atoms with Gasteiger partial charge in [0.25, 0.3) is 0 Å². The number of piperidine rings is 1. The molecule has 4 rings (SSSR count). The number of carbonyl (C=O) groups is 2. The van der Waals surface area contributed by atoms with Crippen LogP contribution < -0.4 is 0 Å². The normalized spacial score (nSPS) is 19.6. The summed E-state index contributed by atoms with van der Waals surface area (Å²) in [5, 5.41) is 9.72. The first kappa shape index (κ1) is 21.5. The lowest BCUT2D eigenvalue weighted by Gasteiger charge is -2.47. The van der Waals surface area contributed by atoms with Gasteiger partial charge in [-0.2, -0.15) is 0 Å². The molecule has 2 aliphatic rings. The van der Waals surface area contributed by atoms with E-state index >= 15 is 0 Å². The van der Waals surface area contributed by atoms with Crippen LogP contribution in [0.3, 0.4) is 0 Å². The van der Waals surface area contributed by atoms with E-state index in [9.17, 15) is 19.1 Å². The van der Waals surface area contributed by atoms with Gasteiger partial charge >= 0.3 is 5.97 Å².